The van der Waals surface area contributed by atoms with Crippen molar-refractivity contribution in [3.63, 3.8) is 0 Å². The Bertz CT molecular complexity index is 813. The molecule has 112 valence electrons. The van der Waals surface area contributed by atoms with Crippen LogP contribution in [0.5, 0.6) is 0 Å². The summed E-state index contributed by atoms with van der Waals surface area (Å²) >= 11 is -5.03. The minimum atomic E-state index is -2.52. The van der Waals surface area contributed by atoms with E-state index in [0.717, 1.165) is 12.1 Å². The summed E-state index contributed by atoms with van der Waals surface area (Å²) in [7, 11) is 0. The zero-order chi connectivity index (χ0) is 16.0. The molecule has 0 saturated carbocycles. The van der Waals surface area contributed by atoms with Crippen molar-refractivity contribution < 1.29 is 27.1 Å². The molecule has 0 heterocycles. The maximum atomic E-state index is 12.4. The lowest BCUT2D eigenvalue weighted by molar-refractivity contribution is 0.0978. The van der Waals surface area contributed by atoms with E-state index in [2.05, 4.69) is 0 Å². The van der Waals surface area contributed by atoms with Crippen LogP contribution in [-0.2, 0) is 22.2 Å². The SMILES string of the molecule is O=C1c2ccc(S(=O)[O-])cc2C(=O)c2ccc(S(=O)[O-])cc21. The second-order valence-electron chi connectivity index (χ2n) is 4.54. The van der Waals surface area contributed by atoms with E-state index in [1.54, 1.807) is 0 Å². The lowest BCUT2D eigenvalue weighted by atomic mass is 9.84. The molecule has 1 aliphatic carbocycles. The number of carbonyl (C=O) groups is 2. The molecule has 0 aliphatic heterocycles. The van der Waals surface area contributed by atoms with Gasteiger partial charge in [0.25, 0.3) is 0 Å². The Balaban J connectivity index is 2.22. The van der Waals surface area contributed by atoms with Crippen LogP contribution in [0.2, 0.25) is 0 Å². The van der Waals surface area contributed by atoms with Crippen LogP contribution >= 0.6 is 0 Å². The summed E-state index contributed by atoms with van der Waals surface area (Å²) in [5.74, 6) is -1.03. The minimum Gasteiger partial charge on any atom is -0.768 e. The van der Waals surface area contributed by atoms with Crippen LogP contribution in [0, 0.1) is 0 Å². The maximum absolute atomic E-state index is 12.4. The predicted octanol–water partition coefficient (Wildman–Crippen LogP) is 0.938. The van der Waals surface area contributed by atoms with Crippen molar-refractivity contribution in [1.82, 2.24) is 0 Å². The molecule has 0 bridgehead atoms. The van der Waals surface area contributed by atoms with Crippen LogP contribution in [0.25, 0.3) is 0 Å². The fraction of sp³-hybridized carbons (Fsp3) is 0. The number of ketones is 2. The number of hydrogen-bond acceptors (Lipinski definition) is 6. The average molecular weight is 334 g/mol. The zero-order valence-corrected chi connectivity index (χ0v) is 12.4. The molecule has 0 aromatic heterocycles. The smallest absolute Gasteiger partial charge is 0.194 e. The van der Waals surface area contributed by atoms with E-state index >= 15 is 0 Å². The molecule has 0 amide bonds. The van der Waals surface area contributed by atoms with E-state index < -0.39 is 33.7 Å². The van der Waals surface area contributed by atoms with Crippen LogP contribution in [0.15, 0.2) is 46.2 Å². The van der Waals surface area contributed by atoms with Crippen LogP contribution in [0.1, 0.15) is 31.8 Å². The first-order valence-corrected chi connectivity index (χ1v) is 8.11. The third kappa shape index (κ3) is 2.26. The summed E-state index contributed by atoms with van der Waals surface area (Å²) < 4.78 is 43.9. The molecule has 2 atom stereocenters. The highest BCUT2D eigenvalue weighted by atomic mass is 32.2. The van der Waals surface area contributed by atoms with Crippen LogP contribution in [0.3, 0.4) is 0 Å². The van der Waals surface area contributed by atoms with Gasteiger partial charge >= 0.3 is 0 Å². The van der Waals surface area contributed by atoms with Crippen LogP contribution in [-0.4, -0.2) is 29.1 Å². The van der Waals surface area contributed by atoms with Gasteiger partial charge in [0.15, 0.2) is 11.6 Å². The van der Waals surface area contributed by atoms with Gasteiger partial charge in [0.05, 0.1) is 0 Å². The monoisotopic (exact) mass is 334 g/mol. The minimum absolute atomic E-state index is 0.00445. The molecule has 0 fully saturated rings. The van der Waals surface area contributed by atoms with Gasteiger partial charge in [-0.1, -0.05) is 0 Å². The van der Waals surface area contributed by atoms with Crippen molar-refractivity contribution >= 4 is 33.7 Å². The highest BCUT2D eigenvalue weighted by Gasteiger charge is 2.30. The molecule has 6 nitrogen and oxygen atoms in total. The fourth-order valence-electron chi connectivity index (χ4n) is 2.32. The lowest BCUT2D eigenvalue weighted by Crippen LogP contribution is -2.21. The van der Waals surface area contributed by atoms with Gasteiger partial charge in [-0.2, -0.15) is 0 Å². The molecule has 2 aromatic carbocycles. The third-order valence-corrected chi connectivity index (χ3v) is 4.62. The second-order valence-corrected chi connectivity index (χ2v) is 6.42. The van der Waals surface area contributed by atoms with Crippen LogP contribution in [0.4, 0.5) is 0 Å². The summed E-state index contributed by atoms with van der Waals surface area (Å²) in [5, 5.41) is 0. The van der Waals surface area contributed by atoms with Gasteiger partial charge in [-0.25, -0.2) is 0 Å². The maximum Gasteiger partial charge on any atom is 0.194 e. The molecule has 22 heavy (non-hydrogen) atoms. The van der Waals surface area contributed by atoms with E-state index in [1.165, 1.54) is 24.3 Å². The molecular weight excluding hydrogens is 328 g/mol. The molecule has 3 rings (SSSR count). The summed E-state index contributed by atoms with van der Waals surface area (Å²) in [4.78, 5) is 24.6. The Hall–Kier alpha value is -2.00. The van der Waals surface area contributed by atoms with Gasteiger partial charge < -0.3 is 9.11 Å². The Morgan fingerprint density at radius 1 is 0.636 bits per heavy atom. The molecule has 0 spiro atoms. The Morgan fingerprint density at radius 2 is 1.00 bits per heavy atom. The third-order valence-electron chi connectivity index (χ3n) is 3.35. The molecule has 0 N–H and O–H groups in total. The molecule has 0 saturated heterocycles. The highest BCUT2D eigenvalue weighted by Crippen LogP contribution is 2.29. The number of rotatable bonds is 2. The molecule has 2 unspecified atom stereocenters. The number of hydrogen-bond donors (Lipinski definition) is 0. The van der Waals surface area contributed by atoms with Crippen LogP contribution < -0.4 is 0 Å². The highest BCUT2D eigenvalue weighted by molar-refractivity contribution is 7.79. The number of carbonyl (C=O) groups excluding carboxylic acids is 2. The lowest BCUT2D eigenvalue weighted by Gasteiger charge is -2.19. The first-order chi connectivity index (χ1) is 10.4. The first-order valence-electron chi connectivity index (χ1n) is 5.96. The number of benzene rings is 2. The predicted molar refractivity (Wildman–Crippen MR) is 74.1 cm³/mol. The molecule has 2 aromatic rings. The summed E-state index contributed by atoms with van der Waals surface area (Å²) in [6.07, 6.45) is 0. The summed E-state index contributed by atoms with van der Waals surface area (Å²) in [5.41, 5.74) is 0.103. The molecular formula is C14H6O6S2-2. The van der Waals surface area contributed by atoms with Gasteiger partial charge in [-0.15, -0.1) is 0 Å². The van der Waals surface area contributed by atoms with Crippen molar-refractivity contribution in [2.24, 2.45) is 0 Å². The van der Waals surface area contributed by atoms with E-state index in [9.17, 15) is 27.1 Å². The van der Waals surface area contributed by atoms with E-state index in [4.69, 9.17) is 0 Å². The Kier molecular flexibility index (Phi) is 3.61. The van der Waals surface area contributed by atoms with E-state index in [1.807, 2.05) is 0 Å². The van der Waals surface area contributed by atoms with Gasteiger partial charge in [0.1, 0.15) is 0 Å². The van der Waals surface area contributed by atoms with E-state index in [0.29, 0.717) is 0 Å². The topological polar surface area (TPSA) is 114 Å². The largest absolute Gasteiger partial charge is 0.768 e. The van der Waals surface area contributed by atoms with Gasteiger partial charge in [0.2, 0.25) is 0 Å². The fourth-order valence-corrected chi connectivity index (χ4v) is 3.10. The standard InChI is InChI=1S/C14H8O6S2/c15-13-9-3-1-7(21(17)18)5-11(9)14(16)10-4-2-8(22(19)20)6-12(10)13/h1-6H,(H,17,18)(H,19,20)/p-2. The van der Waals surface area contributed by atoms with Crippen molar-refractivity contribution in [3.8, 4) is 0 Å². The second kappa shape index (κ2) is 5.33. The van der Waals surface area contributed by atoms with Crippen molar-refractivity contribution in [3.05, 3.63) is 58.7 Å². The average Bonchev–Trinajstić information content (AvgIpc) is 2.51. The zero-order valence-electron chi connectivity index (χ0n) is 10.7. The first kappa shape index (κ1) is 14.9. The molecule has 8 heteroatoms. The normalized spacial score (nSPS) is 15.9. The van der Waals surface area contributed by atoms with E-state index in [-0.39, 0.29) is 32.0 Å². The molecule has 1 aliphatic rings. The Morgan fingerprint density at radius 3 is 1.32 bits per heavy atom. The summed E-state index contributed by atoms with van der Waals surface area (Å²) in [6.45, 7) is 0. The quantitative estimate of drug-likeness (QED) is 0.644. The van der Waals surface area contributed by atoms with Crippen molar-refractivity contribution in [2.45, 2.75) is 9.79 Å². The molecule has 0 radical (unpaired) electrons. The number of fused-ring (bicyclic) bond motifs is 2. The summed E-state index contributed by atoms with van der Waals surface area (Å²) in [6, 6.07) is 7.22. The van der Waals surface area contributed by atoms with Gasteiger partial charge in [-0.3, -0.25) is 18.0 Å². The Labute approximate surface area is 129 Å². The van der Waals surface area contributed by atoms with Crippen molar-refractivity contribution in [1.29, 1.82) is 0 Å². The van der Waals surface area contributed by atoms with Gasteiger partial charge in [-0.05, 0) is 58.6 Å². The van der Waals surface area contributed by atoms with Crippen molar-refractivity contribution in [2.75, 3.05) is 0 Å². The van der Waals surface area contributed by atoms with Gasteiger partial charge in [0, 0.05) is 32.0 Å².